The van der Waals surface area contributed by atoms with Gasteiger partial charge in [0, 0.05) is 37.9 Å². The Morgan fingerprint density at radius 3 is 2.57 bits per heavy atom. The number of nitrogens with zero attached hydrogens (tertiary/aromatic N) is 2. The highest BCUT2D eigenvalue weighted by Gasteiger charge is 2.11. The Morgan fingerprint density at radius 2 is 1.81 bits per heavy atom. The molecule has 1 aromatic heterocycles. The normalized spacial score (nSPS) is 10.6. The van der Waals surface area contributed by atoms with E-state index in [0.29, 0.717) is 0 Å². The fraction of sp³-hybridized carbons (Fsp3) is 0.167. The Hall–Kier alpha value is -2.55. The first-order valence-electron chi connectivity index (χ1n) is 7.10. The Kier molecular flexibility index (Phi) is 3.73. The quantitative estimate of drug-likeness (QED) is 0.783. The molecule has 0 aliphatic carbocycles. The minimum Gasteiger partial charge on any atom is -0.388 e. The van der Waals surface area contributed by atoms with E-state index in [1.165, 1.54) is 16.3 Å². The van der Waals surface area contributed by atoms with E-state index in [9.17, 15) is 0 Å². The van der Waals surface area contributed by atoms with Crippen LogP contribution in [0.4, 0.5) is 11.5 Å². The van der Waals surface area contributed by atoms with E-state index < -0.39 is 0 Å². The SMILES string of the molecule is CNc1cccc2ccnc(N(C)Cc3ccccc3)c12. The number of aromatic nitrogens is 1. The fourth-order valence-corrected chi connectivity index (χ4v) is 2.64. The third-order valence-electron chi connectivity index (χ3n) is 3.66. The van der Waals surface area contributed by atoms with Gasteiger partial charge in [-0.05, 0) is 23.1 Å². The Morgan fingerprint density at radius 1 is 1.00 bits per heavy atom. The minimum absolute atomic E-state index is 0.838. The number of fused-ring (bicyclic) bond motifs is 1. The summed E-state index contributed by atoms with van der Waals surface area (Å²) in [7, 11) is 4.03. The van der Waals surface area contributed by atoms with Crippen LogP contribution in [-0.4, -0.2) is 19.1 Å². The molecule has 1 N–H and O–H groups in total. The van der Waals surface area contributed by atoms with Crippen molar-refractivity contribution in [1.29, 1.82) is 0 Å². The lowest BCUT2D eigenvalue weighted by atomic mass is 10.1. The van der Waals surface area contributed by atoms with Crippen molar-refractivity contribution >= 4 is 22.3 Å². The molecule has 0 fully saturated rings. The predicted octanol–water partition coefficient (Wildman–Crippen LogP) is 3.91. The topological polar surface area (TPSA) is 28.2 Å². The van der Waals surface area contributed by atoms with Crippen molar-refractivity contribution in [2.24, 2.45) is 0 Å². The molecule has 0 saturated heterocycles. The van der Waals surface area contributed by atoms with E-state index in [1.807, 2.05) is 19.3 Å². The number of rotatable bonds is 4. The van der Waals surface area contributed by atoms with Gasteiger partial charge in [0.15, 0.2) is 0 Å². The summed E-state index contributed by atoms with van der Waals surface area (Å²) < 4.78 is 0. The molecule has 0 atom stereocenters. The summed E-state index contributed by atoms with van der Waals surface area (Å²) in [4.78, 5) is 6.79. The molecule has 0 unspecified atom stereocenters. The third-order valence-corrected chi connectivity index (χ3v) is 3.66. The van der Waals surface area contributed by atoms with E-state index in [-0.39, 0.29) is 0 Å². The van der Waals surface area contributed by atoms with Crippen LogP contribution >= 0.6 is 0 Å². The Balaban J connectivity index is 2.03. The van der Waals surface area contributed by atoms with Crippen molar-refractivity contribution in [2.75, 3.05) is 24.3 Å². The zero-order valence-corrected chi connectivity index (χ0v) is 12.4. The van der Waals surface area contributed by atoms with Crippen LogP contribution in [0.2, 0.25) is 0 Å². The van der Waals surface area contributed by atoms with Gasteiger partial charge in [0.1, 0.15) is 5.82 Å². The van der Waals surface area contributed by atoms with Crippen LogP contribution in [-0.2, 0) is 6.54 Å². The van der Waals surface area contributed by atoms with Gasteiger partial charge in [-0.15, -0.1) is 0 Å². The second-order valence-electron chi connectivity index (χ2n) is 5.13. The molecule has 0 spiro atoms. The zero-order chi connectivity index (χ0) is 14.7. The summed E-state index contributed by atoms with van der Waals surface area (Å²) in [5.74, 6) is 1.00. The van der Waals surface area contributed by atoms with Gasteiger partial charge < -0.3 is 10.2 Å². The number of benzene rings is 2. The number of pyridine rings is 1. The maximum absolute atomic E-state index is 4.60. The summed E-state index contributed by atoms with van der Waals surface area (Å²) in [6, 6.07) is 18.8. The fourth-order valence-electron chi connectivity index (χ4n) is 2.64. The summed E-state index contributed by atoms with van der Waals surface area (Å²) in [5, 5.41) is 5.63. The molecule has 0 aliphatic heterocycles. The van der Waals surface area contributed by atoms with Crippen LogP contribution in [0, 0.1) is 0 Å². The van der Waals surface area contributed by atoms with Crippen LogP contribution in [0.15, 0.2) is 60.8 Å². The standard InChI is InChI=1S/C18H19N3/c1-19-16-10-6-9-15-11-12-20-18(17(15)16)21(2)13-14-7-4-3-5-8-14/h3-12,19H,13H2,1-2H3. The molecule has 0 amide bonds. The van der Waals surface area contributed by atoms with Gasteiger partial charge in [0.25, 0.3) is 0 Å². The summed E-state index contributed by atoms with van der Waals surface area (Å²) in [6.45, 7) is 0.838. The van der Waals surface area contributed by atoms with E-state index in [4.69, 9.17) is 0 Å². The monoisotopic (exact) mass is 277 g/mol. The molecule has 3 nitrogen and oxygen atoms in total. The highest BCUT2D eigenvalue weighted by Crippen LogP contribution is 2.31. The van der Waals surface area contributed by atoms with Gasteiger partial charge in [-0.3, -0.25) is 0 Å². The van der Waals surface area contributed by atoms with Gasteiger partial charge in [0.05, 0.1) is 0 Å². The molecule has 0 bridgehead atoms. The lowest BCUT2D eigenvalue weighted by molar-refractivity contribution is 0.905. The molecule has 2 aromatic carbocycles. The van der Waals surface area contributed by atoms with Gasteiger partial charge >= 0.3 is 0 Å². The van der Waals surface area contributed by atoms with E-state index in [2.05, 4.69) is 70.8 Å². The van der Waals surface area contributed by atoms with Crippen LogP contribution in [0.5, 0.6) is 0 Å². The largest absolute Gasteiger partial charge is 0.388 e. The summed E-state index contributed by atoms with van der Waals surface area (Å²) in [6.07, 6.45) is 1.87. The van der Waals surface area contributed by atoms with Gasteiger partial charge in [0.2, 0.25) is 0 Å². The van der Waals surface area contributed by atoms with E-state index in [1.54, 1.807) is 0 Å². The molecule has 106 valence electrons. The van der Waals surface area contributed by atoms with Crippen LogP contribution in [0.3, 0.4) is 0 Å². The smallest absolute Gasteiger partial charge is 0.138 e. The lowest BCUT2D eigenvalue weighted by Crippen LogP contribution is -2.18. The average molecular weight is 277 g/mol. The van der Waals surface area contributed by atoms with Crippen molar-refractivity contribution in [3.05, 3.63) is 66.4 Å². The van der Waals surface area contributed by atoms with E-state index >= 15 is 0 Å². The predicted molar refractivity (Wildman–Crippen MR) is 89.8 cm³/mol. The van der Waals surface area contributed by atoms with Gasteiger partial charge in [-0.1, -0.05) is 42.5 Å². The first-order valence-corrected chi connectivity index (χ1v) is 7.10. The minimum atomic E-state index is 0.838. The third kappa shape index (κ3) is 2.68. The zero-order valence-electron chi connectivity index (χ0n) is 12.4. The number of anilines is 2. The van der Waals surface area contributed by atoms with Crippen LogP contribution in [0.25, 0.3) is 10.8 Å². The second-order valence-corrected chi connectivity index (χ2v) is 5.13. The first-order chi connectivity index (χ1) is 10.3. The molecule has 3 heteroatoms. The van der Waals surface area contributed by atoms with Gasteiger partial charge in [-0.2, -0.15) is 0 Å². The maximum atomic E-state index is 4.60. The van der Waals surface area contributed by atoms with E-state index in [0.717, 1.165) is 18.1 Å². The molecule has 3 rings (SSSR count). The molecule has 0 saturated carbocycles. The van der Waals surface area contributed by atoms with Crippen LogP contribution in [0.1, 0.15) is 5.56 Å². The molecular weight excluding hydrogens is 258 g/mol. The maximum Gasteiger partial charge on any atom is 0.138 e. The number of hydrogen-bond acceptors (Lipinski definition) is 3. The summed E-state index contributed by atoms with van der Waals surface area (Å²) >= 11 is 0. The molecule has 3 aromatic rings. The van der Waals surface area contributed by atoms with Crippen molar-refractivity contribution < 1.29 is 0 Å². The van der Waals surface area contributed by atoms with Crippen molar-refractivity contribution in [2.45, 2.75) is 6.54 Å². The number of hydrogen-bond donors (Lipinski definition) is 1. The average Bonchev–Trinajstić information content (AvgIpc) is 2.54. The number of nitrogens with one attached hydrogen (secondary N) is 1. The van der Waals surface area contributed by atoms with Crippen molar-refractivity contribution in [3.63, 3.8) is 0 Å². The van der Waals surface area contributed by atoms with Crippen LogP contribution < -0.4 is 10.2 Å². The van der Waals surface area contributed by atoms with Crippen molar-refractivity contribution in [1.82, 2.24) is 4.98 Å². The van der Waals surface area contributed by atoms with Gasteiger partial charge in [-0.25, -0.2) is 4.98 Å². The highest BCUT2D eigenvalue weighted by atomic mass is 15.2. The molecule has 0 aliphatic rings. The second kappa shape index (κ2) is 5.83. The van der Waals surface area contributed by atoms with Crippen molar-refractivity contribution in [3.8, 4) is 0 Å². The first kappa shape index (κ1) is 13.4. The Labute approximate surface area is 125 Å². The highest BCUT2D eigenvalue weighted by molar-refractivity contribution is 6.01. The molecular formula is C18H19N3. The molecule has 1 heterocycles. The Bertz CT molecular complexity index is 733. The lowest BCUT2D eigenvalue weighted by Gasteiger charge is -2.21. The summed E-state index contributed by atoms with van der Waals surface area (Å²) in [5.41, 5.74) is 2.39. The molecule has 21 heavy (non-hydrogen) atoms. The molecule has 0 radical (unpaired) electrons.